The fourth-order valence-corrected chi connectivity index (χ4v) is 2.63. The summed E-state index contributed by atoms with van der Waals surface area (Å²) in [4.78, 5) is 4.58. The van der Waals surface area contributed by atoms with E-state index in [1.807, 2.05) is 49.4 Å². The van der Waals surface area contributed by atoms with Crippen molar-refractivity contribution in [1.82, 2.24) is 10.6 Å². The first-order valence-electron chi connectivity index (χ1n) is 9.16. The molecule has 2 aromatic carbocycles. The van der Waals surface area contributed by atoms with Crippen molar-refractivity contribution in [3.8, 4) is 17.2 Å². The minimum Gasteiger partial charge on any atom is -0.497 e. The summed E-state index contributed by atoms with van der Waals surface area (Å²) >= 11 is 0. The van der Waals surface area contributed by atoms with Crippen LogP contribution in [0.25, 0.3) is 0 Å². The molecule has 0 aliphatic rings. The van der Waals surface area contributed by atoms with Gasteiger partial charge in [-0.2, -0.15) is 0 Å². The van der Waals surface area contributed by atoms with Crippen LogP contribution in [0.4, 0.5) is 0 Å². The van der Waals surface area contributed by atoms with Gasteiger partial charge in [-0.1, -0.05) is 12.1 Å². The number of ether oxygens (including phenoxy) is 3. The number of guanidine groups is 1. The molecule has 0 heterocycles. The Labute approximate surface area is 166 Å². The lowest BCUT2D eigenvalue weighted by Crippen LogP contribution is -2.39. The molecule has 0 radical (unpaired) electrons. The van der Waals surface area contributed by atoms with Gasteiger partial charge in [-0.05, 0) is 36.8 Å². The van der Waals surface area contributed by atoms with Crippen LogP contribution >= 0.6 is 0 Å². The minimum atomic E-state index is -0.662. The molecule has 0 amide bonds. The first-order chi connectivity index (χ1) is 13.6. The van der Waals surface area contributed by atoms with Gasteiger partial charge >= 0.3 is 0 Å². The van der Waals surface area contributed by atoms with Gasteiger partial charge in [-0.15, -0.1) is 0 Å². The van der Waals surface area contributed by atoms with Crippen LogP contribution in [0.1, 0.15) is 24.2 Å². The van der Waals surface area contributed by atoms with Crippen molar-refractivity contribution < 1.29 is 19.3 Å². The molecule has 1 atom stereocenters. The van der Waals surface area contributed by atoms with Crippen LogP contribution in [-0.4, -0.2) is 45.5 Å². The Bertz CT molecular complexity index is 763. The highest BCUT2D eigenvalue weighted by Crippen LogP contribution is 2.25. The van der Waals surface area contributed by atoms with Gasteiger partial charge in [-0.25, -0.2) is 4.99 Å². The van der Waals surface area contributed by atoms with Gasteiger partial charge in [0.1, 0.15) is 17.2 Å². The van der Waals surface area contributed by atoms with E-state index in [2.05, 4.69) is 15.6 Å². The minimum absolute atomic E-state index is 0.331. The molecule has 7 nitrogen and oxygen atoms in total. The quantitative estimate of drug-likeness (QED) is 0.453. The highest BCUT2D eigenvalue weighted by atomic mass is 16.5. The molecule has 0 saturated heterocycles. The highest BCUT2D eigenvalue weighted by Gasteiger charge is 2.10. The van der Waals surface area contributed by atoms with Gasteiger partial charge in [0.15, 0.2) is 5.96 Å². The van der Waals surface area contributed by atoms with Crippen molar-refractivity contribution in [2.75, 3.05) is 34.4 Å². The van der Waals surface area contributed by atoms with Crippen LogP contribution in [0, 0.1) is 0 Å². The average Bonchev–Trinajstić information content (AvgIpc) is 2.75. The standard InChI is InChI=1S/C21H29N3O4/c1-5-22-21(23-13-16-8-11-18(27-3)12-20(16)28-4)24-14-19(25)15-6-9-17(26-2)10-7-15/h6-12,19,25H,5,13-14H2,1-4H3,(H2,22,23,24). The summed E-state index contributed by atoms with van der Waals surface area (Å²) in [5.74, 6) is 2.83. The molecule has 0 spiro atoms. The van der Waals surface area contributed by atoms with Gasteiger partial charge in [0.25, 0.3) is 0 Å². The molecule has 3 N–H and O–H groups in total. The molecule has 0 aliphatic carbocycles. The molecule has 0 aromatic heterocycles. The summed E-state index contributed by atoms with van der Waals surface area (Å²) in [7, 11) is 4.86. The average molecular weight is 387 g/mol. The van der Waals surface area contributed by atoms with Crippen molar-refractivity contribution in [3.63, 3.8) is 0 Å². The van der Waals surface area contributed by atoms with Crippen LogP contribution in [0.5, 0.6) is 17.2 Å². The Hall–Kier alpha value is -2.93. The van der Waals surface area contributed by atoms with Gasteiger partial charge in [-0.3, -0.25) is 0 Å². The van der Waals surface area contributed by atoms with Crippen LogP contribution in [-0.2, 0) is 6.54 Å². The Balaban J connectivity index is 2.01. The van der Waals surface area contributed by atoms with Crippen molar-refractivity contribution in [3.05, 3.63) is 53.6 Å². The second kappa shape index (κ2) is 11.0. The number of nitrogens with zero attached hydrogens (tertiary/aromatic N) is 1. The largest absolute Gasteiger partial charge is 0.497 e. The van der Waals surface area contributed by atoms with E-state index in [0.29, 0.717) is 25.6 Å². The second-order valence-corrected chi connectivity index (χ2v) is 6.04. The lowest BCUT2D eigenvalue weighted by atomic mass is 10.1. The molecule has 0 bridgehead atoms. The first-order valence-corrected chi connectivity index (χ1v) is 9.16. The summed E-state index contributed by atoms with van der Waals surface area (Å²) < 4.78 is 15.8. The van der Waals surface area contributed by atoms with Crippen LogP contribution in [0.15, 0.2) is 47.5 Å². The van der Waals surface area contributed by atoms with E-state index in [1.54, 1.807) is 21.3 Å². The third-order valence-corrected chi connectivity index (χ3v) is 4.21. The van der Waals surface area contributed by atoms with Gasteiger partial charge < -0.3 is 30.0 Å². The number of hydrogen-bond donors (Lipinski definition) is 3. The topological polar surface area (TPSA) is 84.3 Å². The SMILES string of the molecule is CCNC(=NCc1ccc(OC)cc1OC)NCC(O)c1ccc(OC)cc1. The third-order valence-electron chi connectivity index (χ3n) is 4.21. The third kappa shape index (κ3) is 6.06. The van der Waals surface area contributed by atoms with Gasteiger partial charge in [0.2, 0.25) is 0 Å². The number of aliphatic hydroxyl groups excluding tert-OH is 1. The highest BCUT2D eigenvalue weighted by molar-refractivity contribution is 5.79. The Morgan fingerprint density at radius 1 is 0.964 bits per heavy atom. The molecule has 0 fully saturated rings. The maximum absolute atomic E-state index is 10.4. The van der Waals surface area contributed by atoms with E-state index in [1.165, 1.54) is 0 Å². The summed E-state index contributed by atoms with van der Waals surface area (Å²) in [6, 6.07) is 13.0. The molecule has 2 aromatic rings. The maximum atomic E-state index is 10.4. The molecular weight excluding hydrogens is 358 g/mol. The van der Waals surface area contributed by atoms with E-state index < -0.39 is 6.10 Å². The zero-order chi connectivity index (χ0) is 20.4. The summed E-state index contributed by atoms with van der Waals surface area (Å²) in [6.45, 7) is 3.47. The lowest BCUT2D eigenvalue weighted by Gasteiger charge is -2.16. The number of hydrogen-bond acceptors (Lipinski definition) is 5. The predicted octanol–water partition coefficient (Wildman–Crippen LogP) is 2.50. The van der Waals surface area contributed by atoms with Crippen LogP contribution in [0.3, 0.4) is 0 Å². The van der Waals surface area contributed by atoms with Crippen molar-refractivity contribution in [2.45, 2.75) is 19.6 Å². The summed E-state index contributed by atoms with van der Waals surface area (Å²) in [5.41, 5.74) is 1.75. The number of aliphatic imine (C=N–C) groups is 1. The Morgan fingerprint density at radius 3 is 2.25 bits per heavy atom. The zero-order valence-electron chi connectivity index (χ0n) is 16.9. The molecule has 1 unspecified atom stereocenters. The molecule has 28 heavy (non-hydrogen) atoms. The van der Waals surface area contributed by atoms with Crippen molar-refractivity contribution in [2.24, 2.45) is 4.99 Å². The Kier molecular flexibility index (Phi) is 8.42. The van der Waals surface area contributed by atoms with E-state index in [4.69, 9.17) is 14.2 Å². The van der Waals surface area contributed by atoms with E-state index >= 15 is 0 Å². The number of nitrogens with one attached hydrogen (secondary N) is 2. The molecule has 0 saturated carbocycles. The first kappa shape index (κ1) is 21.4. The van der Waals surface area contributed by atoms with Crippen molar-refractivity contribution >= 4 is 5.96 Å². The van der Waals surface area contributed by atoms with E-state index in [0.717, 1.165) is 28.4 Å². The van der Waals surface area contributed by atoms with Crippen LogP contribution in [0.2, 0.25) is 0 Å². The monoisotopic (exact) mass is 387 g/mol. The summed E-state index contributed by atoms with van der Waals surface area (Å²) in [6.07, 6.45) is -0.662. The molecule has 152 valence electrons. The smallest absolute Gasteiger partial charge is 0.191 e. The van der Waals surface area contributed by atoms with E-state index in [-0.39, 0.29) is 0 Å². The number of aliphatic hydroxyl groups is 1. The predicted molar refractivity (Wildman–Crippen MR) is 110 cm³/mol. The molecule has 7 heteroatoms. The molecule has 0 aliphatic heterocycles. The fraction of sp³-hybridized carbons (Fsp3) is 0.381. The second-order valence-electron chi connectivity index (χ2n) is 6.04. The van der Waals surface area contributed by atoms with E-state index in [9.17, 15) is 5.11 Å². The molecule has 2 rings (SSSR count). The van der Waals surface area contributed by atoms with Crippen LogP contribution < -0.4 is 24.8 Å². The zero-order valence-corrected chi connectivity index (χ0v) is 16.9. The van der Waals surface area contributed by atoms with Gasteiger partial charge in [0.05, 0.1) is 34.0 Å². The molecular formula is C21H29N3O4. The lowest BCUT2D eigenvalue weighted by molar-refractivity contribution is 0.180. The number of methoxy groups -OCH3 is 3. The summed E-state index contributed by atoms with van der Waals surface area (Å²) in [5, 5.41) is 16.8. The maximum Gasteiger partial charge on any atom is 0.191 e. The number of rotatable bonds is 9. The van der Waals surface area contributed by atoms with Gasteiger partial charge in [0, 0.05) is 24.7 Å². The Morgan fingerprint density at radius 2 is 1.64 bits per heavy atom. The fourth-order valence-electron chi connectivity index (χ4n) is 2.63. The normalized spacial score (nSPS) is 12.2. The number of benzene rings is 2. The van der Waals surface area contributed by atoms with Crippen molar-refractivity contribution in [1.29, 1.82) is 0 Å².